The number of rotatable bonds is 3. The summed E-state index contributed by atoms with van der Waals surface area (Å²) in [6.45, 7) is 2.52. The van der Waals surface area contributed by atoms with Crippen molar-refractivity contribution in [3.8, 4) is 18.0 Å². The molecule has 8 heteroatoms. The van der Waals surface area contributed by atoms with Crippen molar-refractivity contribution >= 4 is 11.6 Å². The molecule has 0 spiro atoms. The molecule has 3 N–H and O–H groups in total. The molecule has 5 rings (SSSR count). The Morgan fingerprint density at radius 1 is 1.26 bits per heavy atom. The molecule has 1 aromatic heterocycles. The van der Waals surface area contributed by atoms with Crippen LogP contribution in [0.2, 0.25) is 0 Å². The van der Waals surface area contributed by atoms with Crippen molar-refractivity contribution in [1.82, 2.24) is 10.2 Å². The minimum Gasteiger partial charge on any atom is -0.420 e. The fourth-order valence-electron chi connectivity index (χ4n) is 5.32. The number of hydrogen-bond donors (Lipinski definition) is 2. The number of aryl methyl sites for hydroxylation is 1. The summed E-state index contributed by atoms with van der Waals surface area (Å²) in [6.07, 6.45) is 4.16. The van der Waals surface area contributed by atoms with E-state index in [1.165, 1.54) is 0 Å². The van der Waals surface area contributed by atoms with Gasteiger partial charge < -0.3 is 15.4 Å². The number of anilines is 1. The average molecular weight is 414 g/mol. The molecule has 3 aliphatic rings. The molecule has 2 aliphatic heterocycles. The number of amides is 1. The van der Waals surface area contributed by atoms with Crippen molar-refractivity contribution in [2.24, 2.45) is 11.7 Å². The van der Waals surface area contributed by atoms with E-state index in [9.17, 15) is 15.3 Å². The molecule has 1 unspecified atom stereocenters. The van der Waals surface area contributed by atoms with E-state index in [1.54, 1.807) is 11.0 Å². The molecule has 1 aromatic carbocycles. The van der Waals surface area contributed by atoms with Gasteiger partial charge in [-0.2, -0.15) is 10.5 Å². The molecule has 2 fully saturated rings. The highest BCUT2D eigenvalue weighted by Crippen LogP contribution is 2.58. The molecular formula is C23H22N6O2. The monoisotopic (exact) mass is 414 g/mol. The minimum absolute atomic E-state index is 0.0366. The second-order valence-electron chi connectivity index (χ2n) is 8.45. The Balaban J connectivity index is 1.84. The smallest absolute Gasteiger partial charge is 0.244 e. The molecule has 1 amide bonds. The van der Waals surface area contributed by atoms with E-state index >= 15 is 0 Å². The van der Waals surface area contributed by atoms with Crippen LogP contribution in [0.1, 0.15) is 54.5 Å². The van der Waals surface area contributed by atoms with E-state index in [-0.39, 0.29) is 17.7 Å². The van der Waals surface area contributed by atoms with Gasteiger partial charge in [-0.3, -0.25) is 9.89 Å². The maximum atomic E-state index is 12.5. The van der Waals surface area contributed by atoms with Crippen molar-refractivity contribution in [2.75, 3.05) is 11.4 Å². The van der Waals surface area contributed by atoms with Crippen molar-refractivity contribution in [1.29, 1.82) is 10.5 Å². The number of ether oxygens (including phenoxy) is 1. The molecule has 1 aliphatic carbocycles. The van der Waals surface area contributed by atoms with Gasteiger partial charge in [0.2, 0.25) is 17.7 Å². The molecule has 1 atom stereocenters. The minimum atomic E-state index is -0.883. The van der Waals surface area contributed by atoms with Crippen molar-refractivity contribution in [2.45, 2.75) is 44.4 Å². The summed E-state index contributed by atoms with van der Waals surface area (Å²) in [7, 11) is 0. The van der Waals surface area contributed by atoms with Gasteiger partial charge in [0, 0.05) is 24.3 Å². The molecule has 1 saturated heterocycles. The number of nitrogens with two attached hydrogens (primary N) is 1. The molecule has 2 aromatic rings. The molecule has 8 nitrogen and oxygen atoms in total. The highest BCUT2D eigenvalue weighted by Gasteiger charge is 2.55. The van der Waals surface area contributed by atoms with E-state index < -0.39 is 5.41 Å². The van der Waals surface area contributed by atoms with Gasteiger partial charge in [-0.25, -0.2) is 0 Å². The molecular weight excluding hydrogens is 392 g/mol. The van der Waals surface area contributed by atoms with E-state index in [0.29, 0.717) is 35.7 Å². The summed E-state index contributed by atoms with van der Waals surface area (Å²) >= 11 is 0. The summed E-state index contributed by atoms with van der Waals surface area (Å²) in [5.41, 5.74) is 9.18. The van der Waals surface area contributed by atoms with Crippen molar-refractivity contribution < 1.29 is 9.53 Å². The van der Waals surface area contributed by atoms with E-state index in [2.05, 4.69) is 22.3 Å². The SMILES string of the molecule is Cc1[nH]nc2c1C(c1cc(C#N)cc(N3CCCC3=O)c1)(C1CCC1)C(C#N)=C(N)O2. The fraction of sp³-hybridized carbons (Fsp3) is 0.391. The highest BCUT2D eigenvalue weighted by atomic mass is 16.5. The Morgan fingerprint density at radius 3 is 2.68 bits per heavy atom. The number of hydrogen-bond acceptors (Lipinski definition) is 6. The van der Waals surface area contributed by atoms with Crippen molar-refractivity contribution in [3.05, 3.63) is 52.0 Å². The molecule has 156 valence electrons. The summed E-state index contributed by atoms with van der Waals surface area (Å²) < 4.78 is 5.72. The quantitative estimate of drug-likeness (QED) is 0.794. The van der Waals surface area contributed by atoms with Crippen LogP contribution in [0.4, 0.5) is 5.69 Å². The summed E-state index contributed by atoms with van der Waals surface area (Å²) in [5, 5.41) is 27.2. The zero-order valence-corrected chi connectivity index (χ0v) is 17.2. The van der Waals surface area contributed by atoms with Crippen LogP contribution in [0.25, 0.3) is 0 Å². The van der Waals surface area contributed by atoms with Crippen LogP contribution in [-0.2, 0) is 10.2 Å². The number of nitriles is 2. The number of carbonyl (C=O) groups excluding carboxylic acids is 1. The van der Waals surface area contributed by atoms with Crippen LogP contribution in [-0.4, -0.2) is 22.6 Å². The van der Waals surface area contributed by atoms with Gasteiger partial charge in [-0.1, -0.05) is 6.42 Å². The van der Waals surface area contributed by atoms with Crippen LogP contribution in [0.5, 0.6) is 5.88 Å². The van der Waals surface area contributed by atoms with E-state index in [0.717, 1.165) is 42.5 Å². The molecule has 3 heterocycles. The molecule has 0 radical (unpaired) electrons. The molecule has 1 saturated carbocycles. The van der Waals surface area contributed by atoms with Crippen LogP contribution < -0.4 is 15.4 Å². The second kappa shape index (κ2) is 6.88. The van der Waals surface area contributed by atoms with E-state index in [4.69, 9.17) is 10.5 Å². The lowest BCUT2D eigenvalue weighted by Gasteiger charge is -2.47. The standard InChI is InChI=1S/C23H22N6O2/c1-13-20-22(28-27-13)31-21(26)18(12-25)23(20,15-4-2-5-15)16-8-14(11-24)9-17(10-16)29-7-3-6-19(29)30/h8-10,15H,2-7,26H2,1H3,(H,27,28). The number of carbonyl (C=O) groups is 1. The van der Waals surface area contributed by atoms with Gasteiger partial charge in [-0.15, -0.1) is 5.10 Å². The second-order valence-corrected chi connectivity index (χ2v) is 8.45. The zero-order valence-electron chi connectivity index (χ0n) is 17.2. The first-order chi connectivity index (χ1) is 15.0. The fourth-order valence-corrected chi connectivity index (χ4v) is 5.32. The van der Waals surface area contributed by atoms with Gasteiger partial charge in [0.05, 0.1) is 22.6 Å². The number of aromatic amines is 1. The van der Waals surface area contributed by atoms with Crippen molar-refractivity contribution in [3.63, 3.8) is 0 Å². The van der Waals surface area contributed by atoms with Crippen LogP contribution in [0.3, 0.4) is 0 Å². The third kappa shape index (κ3) is 2.58. The lowest BCUT2D eigenvalue weighted by Crippen LogP contribution is -2.46. The predicted octanol–water partition coefficient (Wildman–Crippen LogP) is 2.89. The topological polar surface area (TPSA) is 132 Å². The van der Waals surface area contributed by atoms with Crippen LogP contribution in [0.15, 0.2) is 29.7 Å². The van der Waals surface area contributed by atoms with Crippen LogP contribution in [0, 0.1) is 35.5 Å². The van der Waals surface area contributed by atoms with Gasteiger partial charge in [-0.05, 0) is 55.9 Å². The third-order valence-corrected chi connectivity index (χ3v) is 6.87. The zero-order chi connectivity index (χ0) is 21.8. The number of H-pyrrole nitrogens is 1. The number of allylic oxidation sites excluding steroid dienone is 1. The summed E-state index contributed by atoms with van der Waals surface area (Å²) in [5.74, 6) is 0.550. The first-order valence-corrected chi connectivity index (χ1v) is 10.5. The first-order valence-electron chi connectivity index (χ1n) is 10.5. The van der Waals surface area contributed by atoms with Crippen LogP contribution >= 0.6 is 0 Å². The Kier molecular flexibility index (Phi) is 4.26. The maximum absolute atomic E-state index is 12.5. The average Bonchev–Trinajstić information content (AvgIpc) is 3.31. The summed E-state index contributed by atoms with van der Waals surface area (Å²) in [4.78, 5) is 14.2. The highest BCUT2D eigenvalue weighted by molar-refractivity contribution is 5.95. The summed E-state index contributed by atoms with van der Waals surface area (Å²) in [6, 6.07) is 10.0. The predicted molar refractivity (Wildman–Crippen MR) is 112 cm³/mol. The number of benzene rings is 1. The van der Waals surface area contributed by atoms with Gasteiger partial charge in [0.1, 0.15) is 11.6 Å². The Hall–Kier alpha value is -3.78. The Morgan fingerprint density at radius 2 is 2.06 bits per heavy atom. The Labute approximate surface area is 179 Å². The van der Waals surface area contributed by atoms with Gasteiger partial charge >= 0.3 is 0 Å². The van der Waals surface area contributed by atoms with Gasteiger partial charge in [0.15, 0.2) is 0 Å². The normalized spacial score (nSPS) is 23.1. The number of nitrogens with one attached hydrogen (secondary N) is 1. The largest absolute Gasteiger partial charge is 0.420 e. The Bertz CT molecular complexity index is 1210. The van der Waals surface area contributed by atoms with Gasteiger partial charge in [0.25, 0.3) is 0 Å². The first kappa shape index (κ1) is 19.2. The molecule has 0 bridgehead atoms. The van der Waals surface area contributed by atoms with E-state index in [1.807, 2.05) is 19.1 Å². The molecule has 31 heavy (non-hydrogen) atoms. The lowest BCUT2D eigenvalue weighted by molar-refractivity contribution is -0.117. The third-order valence-electron chi connectivity index (χ3n) is 6.87. The maximum Gasteiger partial charge on any atom is 0.244 e. The number of fused-ring (bicyclic) bond motifs is 1. The lowest BCUT2D eigenvalue weighted by atomic mass is 9.55. The number of nitrogens with zero attached hydrogens (tertiary/aromatic N) is 4. The number of aromatic nitrogens is 2.